The van der Waals surface area contributed by atoms with Gasteiger partial charge in [-0.1, -0.05) is 12.1 Å². The van der Waals surface area contributed by atoms with Gasteiger partial charge in [0.1, 0.15) is 5.58 Å². The highest BCUT2D eigenvalue weighted by molar-refractivity contribution is 5.92. The molecular weight excluding hydrogens is 386 g/mol. The average Bonchev–Trinajstić information content (AvgIpc) is 3.57. The zero-order valence-electron chi connectivity index (χ0n) is 17.0. The summed E-state index contributed by atoms with van der Waals surface area (Å²) >= 11 is 0. The van der Waals surface area contributed by atoms with Gasteiger partial charge in [0.05, 0.1) is 11.6 Å². The summed E-state index contributed by atoms with van der Waals surface area (Å²) in [5.74, 6) is -0.794. The first kappa shape index (κ1) is 20.6. The maximum atomic E-state index is 13.3. The molecule has 1 saturated carbocycles. The van der Waals surface area contributed by atoms with Gasteiger partial charge in [0.2, 0.25) is 6.29 Å². The predicted molar refractivity (Wildman–Crippen MR) is 111 cm³/mol. The maximum absolute atomic E-state index is 13.3. The molecule has 1 fully saturated rings. The van der Waals surface area contributed by atoms with Crippen molar-refractivity contribution in [3.63, 3.8) is 0 Å². The van der Waals surface area contributed by atoms with Crippen LogP contribution in [0.15, 0.2) is 51.6 Å². The van der Waals surface area contributed by atoms with Crippen molar-refractivity contribution in [1.82, 2.24) is 5.32 Å². The molecule has 1 aromatic heterocycles. The molecular formula is C23H27NO6. The van der Waals surface area contributed by atoms with E-state index in [0.717, 1.165) is 12.8 Å². The monoisotopic (exact) mass is 413 g/mol. The number of para-hydroxylation sites is 1. The Morgan fingerprint density at radius 3 is 2.83 bits per heavy atom. The number of aliphatic hydroxyl groups is 1. The lowest BCUT2D eigenvalue weighted by Gasteiger charge is -2.36. The number of hydrogen-bond donors (Lipinski definition) is 2. The summed E-state index contributed by atoms with van der Waals surface area (Å²) in [4.78, 5) is 25.9. The summed E-state index contributed by atoms with van der Waals surface area (Å²) in [6, 6.07) is 7.28. The van der Waals surface area contributed by atoms with Crippen molar-refractivity contribution in [3.05, 3.63) is 58.2 Å². The fourth-order valence-corrected chi connectivity index (χ4v) is 3.93. The van der Waals surface area contributed by atoms with E-state index in [0.29, 0.717) is 36.0 Å². The second-order valence-electron chi connectivity index (χ2n) is 7.79. The SMILES string of the molecule is CCO[C@@H]1OC(C(=O)NC2CC2)=C[C@H](c2coc3ccccc3c2=O)[C@H]1CCCO. The molecule has 3 atom stereocenters. The van der Waals surface area contributed by atoms with E-state index in [9.17, 15) is 14.7 Å². The van der Waals surface area contributed by atoms with Crippen LogP contribution in [0.4, 0.5) is 0 Å². The lowest BCUT2D eigenvalue weighted by molar-refractivity contribution is -0.166. The van der Waals surface area contributed by atoms with Crippen LogP contribution in [-0.2, 0) is 14.3 Å². The second kappa shape index (κ2) is 9.02. The summed E-state index contributed by atoms with van der Waals surface area (Å²) in [5, 5.41) is 12.8. The van der Waals surface area contributed by atoms with Gasteiger partial charge in [0.25, 0.3) is 5.91 Å². The van der Waals surface area contributed by atoms with E-state index in [1.165, 1.54) is 6.26 Å². The maximum Gasteiger partial charge on any atom is 0.286 e. The van der Waals surface area contributed by atoms with Crippen LogP contribution in [0, 0.1) is 5.92 Å². The average molecular weight is 413 g/mol. The molecule has 30 heavy (non-hydrogen) atoms. The fraction of sp³-hybridized carbons (Fsp3) is 0.478. The van der Waals surface area contributed by atoms with Gasteiger partial charge in [-0.15, -0.1) is 0 Å². The van der Waals surface area contributed by atoms with Crippen molar-refractivity contribution in [2.45, 2.75) is 50.9 Å². The number of carbonyl (C=O) groups is 1. The summed E-state index contributed by atoms with van der Waals surface area (Å²) in [5.41, 5.74) is 0.842. The number of fused-ring (bicyclic) bond motifs is 1. The molecule has 4 rings (SSSR count). The summed E-state index contributed by atoms with van der Waals surface area (Å²) in [6.07, 6.45) is 5.52. The molecule has 1 amide bonds. The number of rotatable bonds is 8. The summed E-state index contributed by atoms with van der Waals surface area (Å²) < 4.78 is 17.5. The number of hydrogen-bond acceptors (Lipinski definition) is 6. The Hall–Kier alpha value is -2.64. The molecule has 7 heteroatoms. The van der Waals surface area contributed by atoms with Crippen LogP contribution in [0.2, 0.25) is 0 Å². The highest BCUT2D eigenvalue weighted by Crippen LogP contribution is 2.39. The van der Waals surface area contributed by atoms with Gasteiger partial charge in [-0.2, -0.15) is 0 Å². The van der Waals surface area contributed by atoms with Crippen LogP contribution in [0.1, 0.15) is 44.1 Å². The molecule has 1 aliphatic heterocycles. The third-order valence-corrected chi connectivity index (χ3v) is 5.61. The normalized spacial score (nSPS) is 23.7. The van der Waals surface area contributed by atoms with Crippen LogP contribution >= 0.6 is 0 Å². The topological polar surface area (TPSA) is 98.0 Å². The largest absolute Gasteiger partial charge is 0.464 e. The summed E-state index contributed by atoms with van der Waals surface area (Å²) in [7, 11) is 0. The third kappa shape index (κ3) is 4.27. The molecule has 2 N–H and O–H groups in total. The number of carbonyl (C=O) groups excluding carboxylic acids is 1. The first-order valence-electron chi connectivity index (χ1n) is 10.5. The second-order valence-corrected chi connectivity index (χ2v) is 7.79. The van der Waals surface area contributed by atoms with Gasteiger partial charge in [-0.25, -0.2) is 0 Å². The minimum atomic E-state index is -0.692. The van der Waals surface area contributed by atoms with Crippen LogP contribution in [0.3, 0.4) is 0 Å². The quantitative estimate of drug-likeness (QED) is 0.691. The summed E-state index contributed by atoms with van der Waals surface area (Å²) in [6.45, 7) is 2.28. The van der Waals surface area contributed by atoms with Crippen molar-refractivity contribution < 1.29 is 23.8 Å². The van der Waals surface area contributed by atoms with Crippen molar-refractivity contribution in [2.24, 2.45) is 5.92 Å². The lowest BCUT2D eigenvalue weighted by atomic mass is 9.81. The Labute approximate surface area is 174 Å². The molecule has 0 saturated heterocycles. The molecule has 0 unspecified atom stereocenters. The van der Waals surface area contributed by atoms with E-state index in [1.54, 1.807) is 24.3 Å². The Kier molecular flexibility index (Phi) is 6.20. The number of allylic oxidation sites excluding steroid dienone is 1. The first-order chi connectivity index (χ1) is 14.6. The molecule has 1 aliphatic carbocycles. The zero-order valence-corrected chi connectivity index (χ0v) is 17.0. The van der Waals surface area contributed by atoms with Crippen molar-refractivity contribution in [3.8, 4) is 0 Å². The van der Waals surface area contributed by atoms with Gasteiger partial charge >= 0.3 is 0 Å². The number of amides is 1. The van der Waals surface area contributed by atoms with Crippen LogP contribution in [-0.4, -0.2) is 36.6 Å². The third-order valence-electron chi connectivity index (χ3n) is 5.61. The zero-order chi connectivity index (χ0) is 21.1. The minimum Gasteiger partial charge on any atom is -0.464 e. The van der Waals surface area contributed by atoms with Gasteiger partial charge in [0.15, 0.2) is 11.2 Å². The molecule has 2 heterocycles. The molecule has 160 valence electrons. The number of nitrogens with one attached hydrogen (secondary N) is 1. The first-order valence-corrected chi connectivity index (χ1v) is 10.5. The van der Waals surface area contributed by atoms with Gasteiger partial charge in [0, 0.05) is 36.7 Å². The Morgan fingerprint density at radius 2 is 2.10 bits per heavy atom. The van der Waals surface area contributed by atoms with E-state index in [-0.39, 0.29) is 35.7 Å². The Balaban J connectivity index is 1.77. The standard InChI is InChI=1S/C23H27NO6/c1-2-28-23-15(7-5-11-25)17(12-20(30-23)22(27)24-14-9-10-14)18-13-29-19-8-4-3-6-16(19)21(18)26/h3-4,6,8,12-15,17,23,25H,2,5,7,9-11H2,1H3,(H,24,27)/t15-,17+,23-/m1/s1. The fourth-order valence-electron chi connectivity index (χ4n) is 3.93. The molecule has 2 aliphatic rings. The molecule has 0 spiro atoms. The van der Waals surface area contributed by atoms with Crippen LogP contribution in [0.25, 0.3) is 11.0 Å². The molecule has 2 aromatic rings. The molecule has 7 nitrogen and oxygen atoms in total. The van der Waals surface area contributed by atoms with Crippen LogP contribution in [0.5, 0.6) is 0 Å². The smallest absolute Gasteiger partial charge is 0.286 e. The number of ether oxygens (including phenoxy) is 2. The molecule has 1 aromatic carbocycles. The van der Waals surface area contributed by atoms with Crippen molar-refractivity contribution >= 4 is 16.9 Å². The molecule has 0 bridgehead atoms. The van der Waals surface area contributed by atoms with E-state index in [2.05, 4.69) is 5.32 Å². The predicted octanol–water partition coefficient (Wildman–Crippen LogP) is 2.82. The van der Waals surface area contributed by atoms with Crippen LogP contribution < -0.4 is 10.7 Å². The highest BCUT2D eigenvalue weighted by atomic mass is 16.7. The number of aliphatic hydroxyl groups excluding tert-OH is 1. The van der Waals surface area contributed by atoms with Gasteiger partial charge < -0.3 is 24.3 Å². The van der Waals surface area contributed by atoms with E-state index < -0.39 is 12.2 Å². The van der Waals surface area contributed by atoms with Crippen molar-refractivity contribution in [2.75, 3.05) is 13.2 Å². The van der Waals surface area contributed by atoms with E-state index in [1.807, 2.05) is 13.0 Å². The Bertz CT molecular complexity index is 993. The Morgan fingerprint density at radius 1 is 1.30 bits per heavy atom. The highest BCUT2D eigenvalue weighted by Gasteiger charge is 2.40. The lowest BCUT2D eigenvalue weighted by Crippen LogP contribution is -2.40. The minimum absolute atomic E-state index is 0.0210. The number of benzene rings is 1. The van der Waals surface area contributed by atoms with Gasteiger partial charge in [-0.05, 0) is 50.8 Å². The van der Waals surface area contributed by atoms with Gasteiger partial charge in [-0.3, -0.25) is 9.59 Å². The van der Waals surface area contributed by atoms with E-state index in [4.69, 9.17) is 13.9 Å². The molecule has 0 radical (unpaired) electrons. The van der Waals surface area contributed by atoms with Crippen molar-refractivity contribution in [1.29, 1.82) is 0 Å². The van der Waals surface area contributed by atoms with E-state index >= 15 is 0 Å².